The summed E-state index contributed by atoms with van der Waals surface area (Å²) >= 11 is 0. The summed E-state index contributed by atoms with van der Waals surface area (Å²) in [5.41, 5.74) is 3.27. The fourth-order valence-corrected chi connectivity index (χ4v) is 4.93. The van der Waals surface area contributed by atoms with Gasteiger partial charge in [0.05, 0.1) is 22.5 Å². The first-order valence-electron chi connectivity index (χ1n) is 10.6. The van der Waals surface area contributed by atoms with Gasteiger partial charge in [0.25, 0.3) is 5.56 Å². The van der Waals surface area contributed by atoms with E-state index in [0.717, 1.165) is 27.9 Å². The number of cyclic esters (lactones) is 1. The molecule has 166 valence electrons. The molecule has 0 aliphatic carbocycles. The molecule has 0 fully saturated rings. The molecule has 2 aliphatic rings. The van der Waals surface area contributed by atoms with Gasteiger partial charge in [0, 0.05) is 42.3 Å². The van der Waals surface area contributed by atoms with Crippen molar-refractivity contribution in [3.8, 4) is 11.4 Å². The van der Waals surface area contributed by atoms with Crippen LogP contribution >= 0.6 is 0 Å². The zero-order valence-electron chi connectivity index (χ0n) is 18.6. The summed E-state index contributed by atoms with van der Waals surface area (Å²) in [5, 5.41) is 11.3. The fraction of sp³-hybridized carbons (Fsp3) is 0.375. The molecule has 0 unspecified atom stereocenters. The lowest BCUT2D eigenvalue weighted by Gasteiger charge is -2.35. The molecule has 1 aromatic carbocycles. The van der Waals surface area contributed by atoms with Crippen LogP contribution in [0.5, 0.6) is 5.75 Å². The van der Waals surface area contributed by atoms with Crippen molar-refractivity contribution in [1.82, 2.24) is 14.5 Å². The van der Waals surface area contributed by atoms with Gasteiger partial charge in [0.15, 0.2) is 5.60 Å². The van der Waals surface area contributed by atoms with Crippen LogP contribution in [0.25, 0.3) is 16.6 Å². The predicted octanol–water partition coefficient (Wildman–Crippen LogP) is 2.37. The molecule has 0 radical (unpaired) electrons. The Labute approximate surface area is 185 Å². The van der Waals surface area contributed by atoms with E-state index in [1.807, 2.05) is 38.1 Å². The molecule has 2 aromatic heterocycles. The maximum Gasteiger partial charge on any atom is 0.343 e. The molecule has 3 aromatic rings. The van der Waals surface area contributed by atoms with Gasteiger partial charge in [-0.2, -0.15) is 0 Å². The molecule has 1 atom stereocenters. The molecule has 32 heavy (non-hydrogen) atoms. The fourth-order valence-electron chi connectivity index (χ4n) is 4.93. The highest BCUT2D eigenvalue weighted by Crippen LogP contribution is 2.39. The third-order valence-corrected chi connectivity index (χ3v) is 6.55. The molecule has 0 spiro atoms. The molecule has 0 bridgehead atoms. The number of hydrogen-bond donors (Lipinski definition) is 1. The van der Waals surface area contributed by atoms with Crippen LogP contribution < -0.4 is 5.56 Å². The highest BCUT2D eigenvalue weighted by molar-refractivity contribution is 5.87. The molecule has 2 aliphatic heterocycles. The van der Waals surface area contributed by atoms with E-state index in [2.05, 4.69) is 0 Å². The third-order valence-electron chi connectivity index (χ3n) is 6.55. The summed E-state index contributed by atoms with van der Waals surface area (Å²) in [5.74, 6) is -0.272. The van der Waals surface area contributed by atoms with Gasteiger partial charge in [-0.3, -0.25) is 14.3 Å². The van der Waals surface area contributed by atoms with Crippen LogP contribution in [0.3, 0.4) is 0 Å². The lowest BCUT2D eigenvalue weighted by atomic mass is 9.85. The molecule has 4 heterocycles. The average molecular weight is 435 g/mol. The first-order valence-corrected chi connectivity index (χ1v) is 10.6. The van der Waals surface area contributed by atoms with E-state index in [4.69, 9.17) is 14.5 Å². The highest BCUT2D eigenvalue weighted by atomic mass is 16.6. The molecular weight excluding hydrogens is 410 g/mol. The Hall–Kier alpha value is -3.23. The number of ether oxygens (including phenoxy) is 2. The minimum Gasteiger partial charge on any atom is -0.508 e. The quantitative estimate of drug-likeness (QED) is 0.492. The van der Waals surface area contributed by atoms with Crippen molar-refractivity contribution < 1.29 is 19.4 Å². The van der Waals surface area contributed by atoms with Crippen LogP contribution in [-0.2, 0) is 39.4 Å². The molecule has 8 nitrogen and oxygen atoms in total. The van der Waals surface area contributed by atoms with Gasteiger partial charge >= 0.3 is 5.97 Å². The number of carbonyl (C=O) groups excluding carboxylic acids is 1. The highest BCUT2D eigenvalue weighted by Gasteiger charge is 2.47. The van der Waals surface area contributed by atoms with Gasteiger partial charge < -0.3 is 19.5 Å². The van der Waals surface area contributed by atoms with Crippen LogP contribution in [0.15, 0.2) is 29.1 Å². The molecular formula is C24H25N3O5. The smallest absolute Gasteiger partial charge is 0.343 e. The number of aromatic nitrogens is 2. The Bertz CT molecular complexity index is 1340. The Morgan fingerprint density at radius 2 is 2.06 bits per heavy atom. The number of pyridine rings is 2. The second-order valence-electron chi connectivity index (χ2n) is 8.63. The van der Waals surface area contributed by atoms with Crippen LogP contribution in [0.2, 0.25) is 0 Å². The summed E-state index contributed by atoms with van der Waals surface area (Å²) in [7, 11) is 5.33. The Balaban J connectivity index is 1.76. The van der Waals surface area contributed by atoms with Crippen molar-refractivity contribution in [2.75, 3.05) is 21.2 Å². The van der Waals surface area contributed by atoms with E-state index in [0.29, 0.717) is 36.2 Å². The number of methoxy groups -OCH3 is 1. The number of esters is 1. The van der Waals surface area contributed by atoms with Gasteiger partial charge in [-0.05, 0) is 44.8 Å². The first kappa shape index (κ1) is 20.7. The number of phenolic OH excluding ortho intramolecular Hbond substituents is 1. The number of hydrogen-bond acceptors (Lipinski definition) is 7. The van der Waals surface area contributed by atoms with Crippen molar-refractivity contribution in [2.24, 2.45) is 0 Å². The molecule has 5 rings (SSSR count). The van der Waals surface area contributed by atoms with Crippen molar-refractivity contribution >= 4 is 16.9 Å². The van der Waals surface area contributed by atoms with Gasteiger partial charge in [-0.1, -0.05) is 6.92 Å². The van der Waals surface area contributed by atoms with E-state index in [-0.39, 0.29) is 17.9 Å². The number of phenols is 1. The van der Waals surface area contributed by atoms with E-state index < -0.39 is 11.6 Å². The first-order chi connectivity index (χ1) is 15.3. The largest absolute Gasteiger partial charge is 0.508 e. The Kier molecular flexibility index (Phi) is 4.61. The van der Waals surface area contributed by atoms with Gasteiger partial charge in [0.1, 0.15) is 12.4 Å². The monoisotopic (exact) mass is 435 g/mol. The summed E-state index contributed by atoms with van der Waals surface area (Å²) in [4.78, 5) is 33.0. The van der Waals surface area contributed by atoms with E-state index in [1.54, 1.807) is 16.7 Å². The van der Waals surface area contributed by atoms with Crippen molar-refractivity contribution in [3.05, 3.63) is 62.7 Å². The van der Waals surface area contributed by atoms with Crippen molar-refractivity contribution in [2.45, 2.75) is 38.5 Å². The van der Waals surface area contributed by atoms with Crippen LogP contribution in [0.4, 0.5) is 0 Å². The number of rotatable bonds is 4. The number of aromatic hydroxyl groups is 1. The second-order valence-corrected chi connectivity index (χ2v) is 8.63. The maximum atomic E-state index is 13.6. The third kappa shape index (κ3) is 2.73. The number of carbonyl (C=O) groups is 1. The Morgan fingerprint density at radius 3 is 2.75 bits per heavy atom. The molecule has 0 amide bonds. The zero-order chi connectivity index (χ0) is 22.8. The SMILES string of the molecule is CC[C@@]1(OC)C(=O)OCc2c1cc1n(c2=O)-c2cc3c(CN(C)C)c(O)ccc3nc2C1. The van der Waals surface area contributed by atoms with E-state index in [9.17, 15) is 14.7 Å². The van der Waals surface area contributed by atoms with Crippen LogP contribution in [0, 0.1) is 0 Å². The normalized spacial score (nSPS) is 19.1. The van der Waals surface area contributed by atoms with Gasteiger partial charge in [-0.15, -0.1) is 0 Å². The minimum atomic E-state index is -1.28. The van der Waals surface area contributed by atoms with Crippen molar-refractivity contribution in [1.29, 1.82) is 0 Å². The summed E-state index contributed by atoms with van der Waals surface area (Å²) in [6.45, 7) is 2.30. The van der Waals surface area contributed by atoms with Crippen LogP contribution in [0.1, 0.15) is 41.4 Å². The van der Waals surface area contributed by atoms with E-state index >= 15 is 0 Å². The summed E-state index contributed by atoms with van der Waals surface area (Å²) < 4.78 is 12.6. The standard InChI is InChI=1S/C24H25N3O5/c1-5-24(31-4)17-8-13-9-19-20(27(13)22(29)16(17)12-32-23(24)30)10-14-15(11-26(2)3)21(28)7-6-18(14)25-19/h6-8,10,28H,5,9,11-12H2,1-4H3/t24-/m0/s1. The molecule has 1 N–H and O–H groups in total. The van der Waals surface area contributed by atoms with E-state index in [1.165, 1.54) is 7.11 Å². The maximum absolute atomic E-state index is 13.6. The predicted molar refractivity (Wildman–Crippen MR) is 118 cm³/mol. The van der Waals surface area contributed by atoms with Gasteiger partial charge in [0.2, 0.25) is 0 Å². The zero-order valence-corrected chi connectivity index (χ0v) is 18.6. The molecule has 0 saturated carbocycles. The summed E-state index contributed by atoms with van der Waals surface area (Å²) in [6, 6.07) is 7.26. The summed E-state index contributed by atoms with van der Waals surface area (Å²) in [6.07, 6.45) is 0.830. The Morgan fingerprint density at radius 1 is 1.28 bits per heavy atom. The number of nitrogens with zero attached hydrogens (tertiary/aromatic N) is 3. The lowest BCUT2D eigenvalue weighted by Crippen LogP contribution is -2.45. The minimum absolute atomic E-state index is 0.0819. The topological polar surface area (TPSA) is 93.9 Å². The van der Waals surface area contributed by atoms with Crippen LogP contribution in [-0.4, -0.2) is 46.7 Å². The lowest BCUT2D eigenvalue weighted by molar-refractivity contribution is -0.176. The molecule has 0 saturated heterocycles. The number of fused-ring (bicyclic) bond motifs is 5. The van der Waals surface area contributed by atoms with Crippen molar-refractivity contribution in [3.63, 3.8) is 0 Å². The second kappa shape index (κ2) is 7.15. The van der Waals surface area contributed by atoms with Gasteiger partial charge in [-0.25, -0.2) is 4.79 Å². The number of benzene rings is 1. The average Bonchev–Trinajstić information content (AvgIpc) is 3.12. The molecule has 8 heteroatoms.